The van der Waals surface area contributed by atoms with Gasteiger partial charge in [-0.15, -0.1) is 11.8 Å². The van der Waals surface area contributed by atoms with Crippen molar-refractivity contribution in [3.63, 3.8) is 0 Å². The molecule has 3 atom stereocenters. The molecule has 0 aliphatic carbocycles. The number of hydrogen-bond donors (Lipinski definition) is 2. The maximum atomic E-state index is 12.5. The minimum Gasteiger partial charge on any atom is -0.508 e. The average molecular weight is 383 g/mol. The molecule has 2 aromatic carbocycles. The molecule has 0 aromatic heterocycles. The van der Waals surface area contributed by atoms with Crippen molar-refractivity contribution < 1.29 is 9.90 Å². The number of carbonyl (C=O) groups is 1. The van der Waals surface area contributed by atoms with E-state index in [4.69, 9.17) is 0 Å². The Labute approximate surface area is 165 Å². The topological polar surface area (TPSA) is 52.6 Å². The first kappa shape index (κ1) is 19.5. The smallest absolute Gasteiger partial charge is 0.245 e. The number of phenolic OH excluding ortho intramolecular Hbond substituents is 1. The fourth-order valence-electron chi connectivity index (χ4n) is 3.37. The molecular formula is C22H26N2O2S. The number of allylic oxidation sites excluding steroid dienone is 1. The van der Waals surface area contributed by atoms with Gasteiger partial charge in [-0.3, -0.25) is 4.79 Å². The Morgan fingerprint density at radius 1 is 1.15 bits per heavy atom. The Morgan fingerprint density at radius 2 is 1.81 bits per heavy atom. The summed E-state index contributed by atoms with van der Waals surface area (Å²) in [5.41, 5.74) is 3.21. The van der Waals surface area contributed by atoms with Gasteiger partial charge in [0.25, 0.3) is 0 Å². The number of aromatic hydroxyl groups is 1. The molecule has 27 heavy (non-hydrogen) atoms. The van der Waals surface area contributed by atoms with E-state index in [0.29, 0.717) is 5.25 Å². The van der Waals surface area contributed by atoms with Gasteiger partial charge in [0.2, 0.25) is 5.91 Å². The van der Waals surface area contributed by atoms with Crippen LogP contribution < -0.4 is 5.32 Å². The second-order valence-electron chi connectivity index (χ2n) is 7.12. The predicted molar refractivity (Wildman–Crippen MR) is 113 cm³/mol. The number of amides is 1. The molecule has 2 unspecified atom stereocenters. The summed E-state index contributed by atoms with van der Waals surface area (Å²) in [4.78, 5) is 14.6. The fraction of sp³-hybridized carbons (Fsp3) is 0.318. The van der Waals surface area contributed by atoms with Crippen molar-refractivity contribution in [2.45, 2.75) is 30.0 Å². The highest BCUT2D eigenvalue weighted by atomic mass is 32.2. The van der Waals surface area contributed by atoms with E-state index in [1.807, 2.05) is 49.4 Å². The Kier molecular flexibility index (Phi) is 6.24. The van der Waals surface area contributed by atoms with Crippen molar-refractivity contribution in [1.82, 2.24) is 10.2 Å². The van der Waals surface area contributed by atoms with Crippen LogP contribution in [0.25, 0.3) is 5.57 Å². The summed E-state index contributed by atoms with van der Waals surface area (Å²) in [5, 5.41) is 13.1. The number of rotatable bonds is 6. The second kappa shape index (κ2) is 8.63. The Balaban J connectivity index is 1.60. The van der Waals surface area contributed by atoms with Crippen molar-refractivity contribution >= 4 is 23.2 Å². The van der Waals surface area contributed by atoms with Gasteiger partial charge in [-0.05, 0) is 56.3 Å². The van der Waals surface area contributed by atoms with Crippen molar-refractivity contribution in [1.29, 1.82) is 0 Å². The first-order valence-electron chi connectivity index (χ1n) is 9.08. The largest absolute Gasteiger partial charge is 0.508 e. The molecule has 0 spiro atoms. The summed E-state index contributed by atoms with van der Waals surface area (Å²) >= 11 is 1.79. The number of likely N-dealkylation sites (N-methyl/N-ethyl adjacent to an activating group) is 1. The number of thioether (sulfide) groups is 1. The lowest BCUT2D eigenvalue weighted by molar-refractivity contribution is -0.117. The van der Waals surface area contributed by atoms with Crippen LogP contribution in [0.5, 0.6) is 5.75 Å². The number of nitrogens with one attached hydrogen (secondary N) is 1. The third-order valence-corrected chi connectivity index (χ3v) is 6.33. The zero-order chi connectivity index (χ0) is 19.4. The third-order valence-electron chi connectivity index (χ3n) is 4.84. The Morgan fingerprint density at radius 3 is 2.44 bits per heavy atom. The van der Waals surface area contributed by atoms with Gasteiger partial charge in [0.15, 0.2) is 0 Å². The lowest BCUT2D eigenvalue weighted by Gasteiger charge is -2.47. The molecule has 0 bridgehead atoms. The average Bonchev–Trinajstić information content (AvgIpc) is 2.62. The van der Waals surface area contributed by atoms with Crippen molar-refractivity contribution in [2.24, 2.45) is 0 Å². The van der Waals surface area contributed by atoms with Gasteiger partial charge in [0.1, 0.15) is 5.75 Å². The van der Waals surface area contributed by atoms with Crippen LogP contribution in [0.1, 0.15) is 18.1 Å². The number of nitrogens with zero attached hydrogens (tertiary/aromatic N) is 1. The van der Waals surface area contributed by atoms with E-state index in [-0.39, 0.29) is 23.1 Å². The lowest BCUT2D eigenvalue weighted by atomic mass is 10.0. The molecule has 1 saturated heterocycles. The zero-order valence-electron chi connectivity index (χ0n) is 15.9. The molecule has 1 amide bonds. The molecule has 2 aromatic rings. The van der Waals surface area contributed by atoms with E-state index in [9.17, 15) is 9.90 Å². The molecule has 0 saturated carbocycles. The SMILES string of the molecule is C/C(=C\C(=O)NC1SC(Cc2ccc(O)cc2)[C@@H]1N(C)C)c1ccccc1. The first-order valence-corrected chi connectivity index (χ1v) is 10.0. The third kappa shape index (κ3) is 4.93. The predicted octanol–water partition coefficient (Wildman–Crippen LogP) is 3.53. The van der Waals surface area contributed by atoms with E-state index in [1.54, 1.807) is 30.0 Å². The Hall–Kier alpha value is -2.24. The van der Waals surface area contributed by atoms with Crippen LogP contribution in [0.4, 0.5) is 0 Å². The van der Waals surface area contributed by atoms with E-state index in [0.717, 1.165) is 17.6 Å². The minimum absolute atomic E-state index is 0.0520. The van der Waals surface area contributed by atoms with Crippen LogP contribution in [0, 0.1) is 0 Å². The molecule has 1 heterocycles. The highest BCUT2D eigenvalue weighted by molar-refractivity contribution is 8.02. The second-order valence-corrected chi connectivity index (χ2v) is 8.51. The van der Waals surface area contributed by atoms with Gasteiger partial charge in [0.05, 0.1) is 11.4 Å². The number of phenols is 1. The first-order chi connectivity index (χ1) is 12.9. The van der Waals surface area contributed by atoms with Crippen molar-refractivity contribution in [3.8, 4) is 5.75 Å². The summed E-state index contributed by atoms with van der Waals surface area (Å²) < 4.78 is 0. The molecule has 1 fully saturated rings. The van der Waals surface area contributed by atoms with Gasteiger partial charge in [0, 0.05) is 11.3 Å². The maximum absolute atomic E-state index is 12.5. The molecule has 1 aliphatic rings. The van der Waals surface area contributed by atoms with Crippen molar-refractivity contribution in [2.75, 3.05) is 14.1 Å². The fourth-order valence-corrected chi connectivity index (χ4v) is 5.11. The zero-order valence-corrected chi connectivity index (χ0v) is 16.7. The molecule has 142 valence electrons. The van der Waals surface area contributed by atoms with Crippen molar-refractivity contribution in [3.05, 3.63) is 71.8 Å². The van der Waals surface area contributed by atoms with Crippen LogP contribution >= 0.6 is 11.8 Å². The van der Waals surface area contributed by atoms with E-state index >= 15 is 0 Å². The van der Waals surface area contributed by atoms with E-state index in [2.05, 4.69) is 24.3 Å². The van der Waals surface area contributed by atoms with Gasteiger partial charge >= 0.3 is 0 Å². The van der Waals surface area contributed by atoms with Gasteiger partial charge in [-0.1, -0.05) is 42.5 Å². The van der Waals surface area contributed by atoms with Crippen LogP contribution in [-0.2, 0) is 11.2 Å². The maximum Gasteiger partial charge on any atom is 0.245 e. The number of carbonyl (C=O) groups excluding carboxylic acids is 1. The van der Waals surface area contributed by atoms with Gasteiger partial charge < -0.3 is 15.3 Å². The molecule has 3 rings (SSSR count). The molecule has 0 radical (unpaired) electrons. The molecule has 2 N–H and O–H groups in total. The number of benzene rings is 2. The monoisotopic (exact) mass is 382 g/mol. The van der Waals surface area contributed by atoms with Gasteiger partial charge in [-0.25, -0.2) is 0 Å². The quantitative estimate of drug-likeness (QED) is 0.751. The van der Waals surface area contributed by atoms with Gasteiger partial charge in [-0.2, -0.15) is 0 Å². The van der Waals surface area contributed by atoms with Crippen LogP contribution in [0.3, 0.4) is 0 Å². The highest BCUT2D eigenvalue weighted by Gasteiger charge is 2.43. The minimum atomic E-state index is -0.0520. The lowest BCUT2D eigenvalue weighted by Crippen LogP contribution is -2.61. The highest BCUT2D eigenvalue weighted by Crippen LogP contribution is 2.40. The molecule has 4 nitrogen and oxygen atoms in total. The van der Waals surface area contributed by atoms with Crippen LogP contribution in [-0.4, -0.2) is 46.7 Å². The summed E-state index contributed by atoms with van der Waals surface area (Å²) in [6.07, 6.45) is 2.59. The summed E-state index contributed by atoms with van der Waals surface area (Å²) in [6, 6.07) is 17.6. The van der Waals surface area contributed by atoms with E-state index in [1.165, 1.54) is 5.56 Å². The normalized spacial score (nSPS) is 22.4. The summed E-state index contributed by atoms with van der Waals surface area (Å²) in [6.45, 7) is 1.96. The Bertz CT molecular complexity index is 803. The molecular weight excluding hydrogens is 356 g/mol. The summed E-state index contributed by atoms with van der Waals surface area (Å²) in [7, 11) is 4.11. The summed E-state index contributed by atoms with van der Waals surface area (Å²) in [5.74, 6) is 0.235. The van der Waals surface area contributed by atoms with Crippen LogP contribution in [0.2, 0.25) is 0 Å². The van der Waals surface area contributed by atoms with E-state index < -0.39 is 0 Å². The van der Waals surface area contributed by atoms with Crippen LogP contribution in [0.15, 0.2) is 60.7 Å². The standard InChI is InChI=1S/C22H26N2O2S/c1-15(17-7-5-4-6-8-17)13-20(26)23-22-21(24(2)3)19(27-22)14-16-9-11-18(25)12-10-16/h4-13,19,21-22,25H,14H2,1-3H3,(H,23,26)/b15-13+/t19?,21-,22?/m0/s1. The molecule has 1 aliphatic heterocycles. The molecule has 5 heteroatoms. The number of hydrogen-bond acceptors (Lipinski definition) is 4.